The van der Waals surface area contributed by atoms with E-state index in [0.717, 1.165) is 22.1 Å². The Hall–Kier alpha value is -2.58. The highest BCUT2D eigenvalue weighted by molar-refractivity contribution is 8.16. The van der Waals surface area contributed by atoms with Gasteiger partial charge in [0, 0.05) is 18.8 Å². The van der Waals surface area contributed by atoms with Crippen LogP contribution in [-0.4, -0.2) is 59.3 Å². The van der Waals surface area contributed by atoms with Crippen molar-refractivity contribution < 1.29 is 19.1 Å². The van der Waals surface area contributed by atoms with Crippen LogP contribution in [0.1, 0.15) is 45.2 Å². The maximum atomic E-state index is 13.2. The third kappa shape index (κ3) is 4.34. The summed E-state index contributed by atoms with van der Waals surface area (Å²) in [5.41, 5.74) is 3.05. The zero-order chi connectivity index (χ0) is 22.8. The Morgan fingerprint density at radius 3 is 2.50 bits per heavy atom. The third-order valence-electron chi connectivity index (χ3n) is 5.85. The number of aliphatic imine (C=N–C) groups is 1. The molecule has 3 aliphatic rings. The van der Waals surface area contributed by atoms with E-state index in [4.69, 9.17) is 14.5 Å². The van der Waals surface area contributed by atoms with Crippen LogP contribution in [0.15, 0.2) is 57.7 Å². The second kappa shape index (κ2) is 9.50. The standard InChI is InChI=1S/C24H29N3O4S/c1-5-19-21(23(29)30-4)22(17-9-7-6-8-10-17)27-18(14-32-24(27)25-19)11-20(28)26-12-15(2)31-16(3)13-26/h6-10,14-16,22H,5,11-13H2,1-4H3/t15-,16+,22-/m0/s1. The number of amidine groups is 1. The molecule has 8 heteroatoms. The quantitative estimate of drug-likeness (QED) is 0.628. The lowest BCUT2D eigenvalue weighted by atomic mass is 9.93. The van der Waals surface area contributed by atoms with Crippen molar-refractivity contribution in [1.29, 1.82) is 0 Å². The van der Waals surface area contributed by atoms with Gasteiger partial charge in [-0.25, -0.2) is 9.79 Å². The van der Waals surface area contributed by atoms with Crippen LogP contribution in [0.5, 0.6) is 0 Å². The first kappa shape index (κ1) is 22.6. The highest BCUT2D eigenvalue weighted by Gasteiger charge is 2.42. The summed E-state index contributed by atoms with van der Waals surface area (Å²) in [7, 11) is 1.39. The first-order chi connectivity index (χ1) is 15.4. The molecule has 0 aromatic heterocycles. The van der Waals surface area contributed by atoms with E-state index in [1.54, 1.807) is 0 Å². The van der Waals surface area contributed by atoms with Crippen molar-refractivity contribution in [2.75, 3.05) is 20.2 Å². The number of carbonyl (C=O) groups is 2. The van der Waals surface area contributed by atoms with E-state index in [0.29, 0.717) is 25.1 Å². The summed E-state index contributed by atoms with van der Waals surface area (Å²) in [6.45, 7) is 7.13. The summed E-state index contributed by atoms with van der Waals surface area (Å²) in [4.78, 5) is 34.7. The lowest BCUT2D eigenvalue weighted by Crippen LogP contribution is -2.48. The lowest BCUT2D eigenvalue weighted by molar-refractivity contribution is -0.142. The van der Waals surface area contributed by atoms with Gasteiger partial charge in [-0.2, -0.15) is 0 Å². The fraction of sp³-hybridized carbons (Fsp3) is 0.458. The number of fused-ring (bicyclic) bond motifs is 1. The Morgan fingerprint density at radius 2 is 1.88 bits per heavy atom. The second-order valence-corrected chi connectivity index (χ2v) is 9.08. The minimum Gasteiger partial charge on any atom is -0.466 e. The molecule has 7 nitrogen and oxygen atoms in total. The maximum Gasteiger partial charge on any atom is 0.338 e. The number of esters is 1. The van der Waals surface area contributed by atoms with Gasteiger partial charge in [-0.15, -0.1) is 0 Å². The smallest absolute Gasteiger partial charge is 0.338 e. The van der Waals surface area contributed by atoms with E-state index in [-0.39, 0.29) is 30.6 Å². The summed E-state index contributed by atoms with van der Waals surface area (Å²) >= 11 is 1.50. The van der Waals surface area contributed by atoms with Gasteiger partial charge in [0.15, 0.2) is 5.17 Å². The van der Waals surface area contributed by atoms with Gasteiger partial charge in [-0.1, -0.05) is 49.0 Å². The Labute approximate surface area is 193 Å². The van der Waals surface area contributed by atoms with E-state index in [1.165, 1.54) is 18.9 Å². The van der Waals surface area contributed by atoms with Crippen LogP contribution in [-0.2, 0) is 19.1 Å². The number of carbonyl (C=O) groups excluding carboxylic acids is 2. The number of hydrogen-bond donors (Lipinski definition) is 0. The largest absolute Gasteiger partial charge is 0.466 e. The molecule has 0 spiro atoms. The number of allylic oxidation sites excluding steroid dienone is 1. The molecular formula is C24H29N3O4S. The van der Waals surface area contributed by atoms with E-state index >= 15 is 0 Å². The molecule has 32 heavy (non-hydrogen) atoms. The number of amides is 1. The minimum absolute atomic E-state index is 0.0137. The monoisotopic (exact) mass is 455 g/mol. The Kier molecular flexibility index (Phi) is 6.71. The number of hydrogen-bond acceptors (Lipinski definition) is 7. The van der Waals surface area contributed by atoms with E-state index < -0.39 is 5.97 Å². The van der Waals surface area contributed by atoms with Gasteiger partial charge in [0.05, 0.1) is 43.1 Å². The number of thioether (sulfide) groups is 1. The average molecular weight is 456 g/mol. The molecule has 3 atom stereocenters. The predicted octanol–water partition coefficient (Wildman–Crippen LogP) is 3.85. The van der Waals surface area contributed by atoms with Gasteiger partial charge in [-0.05, 0) is 31.2 Å². The van der Waals surface area contributed by atoms with Gasteiger partial charge < -0.3 is 19.3 Å². The SMILES string of the molecule is CCC1=C(C(=O)OC)[C@H](c2ccccc2)N2C(CC(=O)N3C[C@@H](C)O[C@@H](C)C3)=CSC2=N1. The first-order valence-electron chi connectivity index (χ1n) is 11.0. The lowest BCUT2D eigenvalue weighted by Gasteiger charge is -2.38. The molecule has 1 amide bonds. The van der Waals surface area contributed by atoms with E-state index in [2.05, 4.69) is 0 Å². The van der Waals surface area contributed by atoms with Crippen molar-refractivity contribution in [3.05, 3.63) is 58.3 Å². The molecule has 3 aliphatic heterocycles. The van der Waals surface area contributed by atoms with Gasteiger partial charge in [0.1, 0.15) is 0 Å². The maximum absolute atomic E-state index is 13.2. The van der Waals surface area contributed by atoms with Crippen molar-refractivity contribution in [3.8, 4) is 0 Å². The molecule has 0 saturated carbocycles. The fourth-order valence-corrected chi connectivity index (χ4v) is 5.45. The summed E-state index contributed by atoms with van der Waals surface area (Å²) in [6.07, 6.45) is 0.883. The van der Waals surface area contributed by atoms with Crippen molar-refractivity contribution in [1.82, 2.24) is 9.80 Å². The molecule has 0 bridgehead atoms. The van der Waals surface area contributed by atoms with E-state index in [1.807, 2.05) is 66.3 Å². The second-order valence-electron chi connectivity index (χ2n) is 8.24. The minimum atomic E-state index is -0.392. The molecular weight excluding hydrogens is 426 g/mol. The van der Waals surface area contributed by atoms with Crippen LogP contribution >= 0.6 is 11.8 Å². The molecule has 1 aromatic rings. The van der Waals surface area contributed by atoms with E-state index in [9.17, 15) is 9.59 Å². The predicted molar refractivity (Wildman–Crippen MR) is 125 cm³/mol. The van der Waals surface area contributed by atoms with Crippen molar-refractivity contribution >= 4 is 28.8 Å². The van der Waals surface area contributed by atoms with Crippen molar-refractivity contribution in [3.63, 3.8) is 0 Å². The van der Waals surface area contributed by atoms with Crippen LogP contribution in [0, 0.1) is 0 Å². The highest BCUT2D eigenvalue weighted by atomic mass is 32.2. The zero-order valence-corrected chi connectivity index (χ0v) is 19.7. The zero-order valence-electron chi connectivity index (χ0n) is 18.9. The highest BCUT2D eigenvalue weighted by Crippen LogP contribution is 2.45. The summed E-state index contributed by atoms with van der Waals surface area (Å²) in [6, 6.07) is 9.46. The Bertz CT molecular complexity index is 978. The molecule has 0 N–H and O–H groups in total. The molecule has 1 saturated heterocycles. The number of nitrogens with zero attached hydrogens (tertiary/aromatic N) is 3. The average Bonchev–Trinajstić information content (AvgIpc) is 3.19. The van der Waals surface area contributed by atoms with Crippen LogP contribution in [0.2, 0.25) is 0 Å². The van der Waals surface area contributed by atoms with Gasteiger partial charge >= 0.3 is 5.97 Å². The molecule has 0 unspecified atom stereocenters. The number of methoxy groups -OCH3 is 1. The Morgan fingerprint density at radius 1 is 1.19 bits per heavy atom. The van der Waals surface area contributed by atoms with Crippen LogP contribution in [0.3, 0.4) is 0 Å². The van der Waals surface area contributed by atoms with Crippen molar-refractivity contribution in [2.24, 2.45) is 4.99 Å². The normalized spacial score (nSPS) is 25.3. The van der Waals surface area contributed by atoms with Crippen LogP contribution < -0.4 is 0 Å². The molecule has 4 rings (SSSR count). The summed E-state index contributed by atoms with van der Waals surface area (Å²) < 4.78 is 10.9. The Balaban J connectivity index is 1.67. The summed E-state index contributed by atoms with van der Waals surface area (Å²) in [5, 5.41) is 2.77. The number of ether oxygens (including phenoxy) is 2. The number of rotatable bonds is 5. The van der Waals surface area contributed by atoms with Gasteiger partial charge in [-0.3, -0.25) is 4.79 Å². The number of benzene rings is 1. The fourth-order valence-electron chi connectivity index (χ4n) is 4.51. The molecule has 0 radical (unpaired) electrons. The van der Waals surface area contributed by atoms with Gasteiger partial charge in [0.2, 0.25) is 5.91 Å². The number of morpholine rings is 1. The van der Waals surface area contributed by atoms with Crippen LogP contribution in [0.4, 0.5) is 0 Å². The molecule has 1 fully saturated rings. The molecule has 1 aromatic carbocycles. The molecule has 0 aliphatic carbocycles. The van der Waals surface area contributed by atoms with Crippen molar-refractivity contribution in [2.45, 2.75) is 51.9 Å². The summed E-state index contributed by atoms with van der Waals surface area (Å²) in [5.74, 6) is -0.339. The topological polar surface area (TPSA) is 71.4 Å². The molecule has 170 valence electrons. The van der Waals surface area contributed by atoms with Crippen LogP contribution in [0.25, 0.3) is 0 Å². The van der Waals surface area contributed by atoms with Gasteiger partial charge in [0.25, 0.3) is 0 Å². The first-order valence-corrected chi connectivity index (χ1v) is 11.8. The molecule has 3 heterocycles. The third-order valence-corrected chi connectivity index (χ3v) is 6.74.